The normalized spacial score (nSPS) is 14.8. The molecular weight excluding hydrogens is 471 g/mol. The molecule has 174 valence electrons. The number of hydrogen-bond acceptors (Lipinski definition) is 4. The maximum Gasteiger partial charge on any atom is 0.255 e. The molecule has 9 heteroatoms. The standard InChI is InChI=1S/C23H28Cl2N2O4S/c1-2-3-7-14-31-22-20(24)15-17(16-21(22)25)23(28)26-18-8-10-19(11-9-18)32(29,30)27-12-5-4-6-13-27/h8-11,15-16H,2-7,12-14H2,1H3,(H,26,28). The van der Waals surface area contributed by atoms with E-state index in [4.69, 9.17) is 27.9 Å². The van der Waals surface area contributed by atoms with Gasteiger partial charge in [-0.05, 0) is 55.7 Å². The Morgan fingerprint density at radius 2 is 1.66 bits per heavy atom. The van der Waals surface area contributed by atoms with Crippen LogP contribution in [0, 0.1) is 0 Å². The number of halogens is 2. The predicted octanol–water partition coefficient (Wildman–Crippen LogP) is 5.99. The zero-order chi connectivity index (χ0) is 23.1. The summed E-state index contributed by atoms with van der Waals surface area (Å²) in [7, 11) is -3.52. The van der Waals surface area contributed by atoms with Gasteiger partial charge in [0.1, 0.15) is 0 Å². The van der Waals surface area contributed by atoms with Gasteiger partial charge in [0.2, 0.25) is 10.0 Å². The highest BCUT2D eigenvalue weighted by atomic mass is 35.5. The van der Waals surface area contributed by atoms with Gasteiger partial charge in [-0.1, -0.05) is 49.4 Å². The molecule has 6 nitrogen and oxygen atoms in total. The average Bonchev–Trinajstić information content (AvgIpc) is 2.79. The number of sulfonamides is 1. The number of unbranched alkanes of at least 4 members (excludes halogenated alkanes) is 2. The Labute approximate surface area is 199 Å². The molecule has 0 aliphatic carbocycles. The smallest absolute Gasteiger partial charge is 0.255 e. The molecule has 0 saturated carbocycles. The molecule has 0 spiro atoms. The Kier molecular flexibility index (Phi) is 8.82. The van der Waals surface area contributed by atoms with Crippen molar-refractivity contribution >= 4 is 44.8 Å². The van der Waals surface area contributed by atoms with Gasteiger partial charge in [-0.25, -0.2) is 8.42 Å². The fourth-order valence-corrected chi connectivity index (χ4v) is 5.64. The highest BCUT2D eigenvalue weighted by Crippen LogP contribution is 2.34. The molecule has 1 saturated heterocycles. The third-order valence-corrected chi connectivity index (χ3v) is 7.79. The van der Waals surface area contributed by atoms with E-state index in [1.165, 1.54) is 28.6 Å². The number of amides is 1. The number of carbonyl (C=O) groups is 1. The summed E-state index contributed by atoms with van der Waals surface area (Å²) >= 11 is 12.6. The van der Waals surface area contributed by atoms with Crippen LogP contribution in [0.2, 0.25) is 10.0 Å². The lowest BCUT2D eigenvalue weighted by Gasteiger charge is -2.25. The summed E-state index contributed by atoms with van der Waals surface area (Å²) in [6.07, 6.45) is 5.83. The van der Waals surface area contributed by atoms with E-state index < -0.39 is 15.9 Å². The summed E-state index contributed by atoms with van der Waals surface area (Å²) in [5, 5.41) is 3.28. The first kappa shape index (κ1) is 24.8. The van der Waals surface area contributed by atoms with Crippen molar-refractivity contribution in [2.75, 3.05) is 25.0 Å². The maximum absolute atomic E-state index is 12.8. The van der Waals surface area contributed by atoms with Gasteiger partial charge in [-0.15, -0.1) is 0 Å². The van der Waals surface area contributed by atoms with E-state index in [2.05, 4.69) is 12.2 Å². The number of rotatable bonds is 9. The van der Waals surface area contributed by atoms with Gasteiger partial charge in [0.05, 0.1) is 21.5 Å². The molecule has 0 radical (unpaired) electrons. The lowest BCUT2D eigenvalue weighted by molar-refractivity contribution is 0.102. The summed E-state index contributed by atoms with van der Waals surface area (Å²) in [4.78, 5) is 12.9. The van der Waals surface area contributed by atoms with Crippen molar-refractivity contribution in [1.29, 1.82) is 0 Å². The topological polar surface area (TPSA) is 75.7 Å². The van der Waals surface area contributed by atoms with Crippen LogP contribution in [-0.4, -0.2) is 38.3 Å². The molecule has 0 bridgehead atoms. The van der Waals surface area contributed by atoms with Gasteiger partial charge in [0, 0.05) is 24.3 Å². The van der Waals surface area contributed by atoms with Crippen molar-refractivity contribution in [2.45, 2.75) is 50.3 Å². The third-order valence-electron chi connectivity index (χ3n) is 5.32. The zero-order valence-electron chi connectivity index (χ0n) is 18.1. The highest BCUT2D eigenvalue weighted by Gasteiger charge is 2.25. The molecule has 2 aromatic carbocycles. The van der Waals surface area contributed by atoms with Gasteiger partial charge in [-0.3, -0.25) is 4.79 Å². The van der Waals surface area contributed by atoms with Crippen LogP contribution in [0.4, 0.5) is 5.69 Å². The molecule has 1 aliphatic heterocycles. The number of nitrogens with one attached hydrogen (secondary N) is 1. The lowest BCUT2D eigenvalue weighted by atomic mass is 10.2. The summed E-state index contributed by atoms with van der Waals surface area (Å²) in [6.45, 7) is 3.70. The number of anilines is 1. The Morgan fingerprint density at radius 1 is 1.03 bits per heavy atom. The van der Waals surface area contributed by atoms with Gasteiger partial charge in [0.15, 0.2) is 5.75 Å². The monoisotopic (exact) mass is 498 g/mol. The number of piperidine rings is 1. The second kappa shape index (κ2) is 11.4. The van der Waals surface area contributed by atoms with Gasteiger partial charge in [0.25, 0.3) is 5.91 Å². The van der Waals surface area contributed by atoms with Crippen LogP contribution in [0.3, 0.4) is 0 Å². The molecule has 1 aliphatic rings. The third kappa shape index (κ3) is 6.16. The van der Waals surface area contributed by atoms with E-state index in [0.29, 0.717) is 31.1 Å². The molecule has 2 aromatic rings. The molecule has 0 atom stereocenters. The van der Waals surface area contributed by atoms with Crippen molar-refractivity contribution in [3.63, 3.8) is 0 Å². The summed E-state index contributed by atoms with van der Waals surface area (Å²) < 4.78 is 32.7. The van der Waals surface area contributed by atoms with Crippen molar-refractivity contribution in [1.82, 2.24) is 4.31 Å². The summed E-state index contributed by atoms with van der Waals surface area (Å²) in [5.74, 6) is -0.0359. The molecule has 1 heterocycles. The van der Waals surface area contributed by atoms with Crippen LogP contribution in [-0.2, 0) is 10.0 Å². The second-order valence-electron chi connectivity index (χ2n) is 7.77. The molecule has 32 heavy (non-hydrogen) atoms. The first-order chi connectivity index (χ1) is 15.3. The number of nitrogens with zero attached hydrogens (tertiary/aromatic N) is 1. The minimum atomic E-state index is -3.52. The van der Waals surface area contributed by atoms with Crippen molar-refractivity contribution < 1.29 is 17.9 Å². The van der Waals surface area contributed by atoms with Gasteiger partial charge < -0.3 is 10.1 Å². The molecular formula is C23H28Cl2N2O4S. The molecule has 3 rings (SSSR count). The van der Waals surface area contributed by atoms with E-state index in [0.717, 1.165) is 38.5 Å². The van der Waals surface area contributed by atoms with Crippen molar-refractivity contribution in [3.8, 4) is 5.75 Å². The van der Waals surface area contributed by atoms with Crippen molar-refractivity contribution in [3.05, 3.63) is 52.0 Å². The SMILES string of the molecule is CCCCCOc1c(Cl)cc(C(=O)Nc2ccc(S(=O)(=O)N3CCCCC3)cc2)cc1Cl. The molecule has 1 amide bonds. The number of ether oxygens (including phenoxy) is 1. The van der Waals surface area contributed by atoms with Crippen LogP contribution in [0.15, 0.2) is 41.3 Å². The number of hydrogen-bond donors (Lipinski definition) is 1. The minimum Gasteiger partial charge on any atom is -0.490 e. The minimum absolute atomic E-state index is 0.216. The maximum atomic E-state index is 12.8. The van der Waals surface area contributed by atoms with Crippen LogP contribution in [0.1, 0.15) is 55.8 Å². The van der Waals surface area contributed by atoms with Gasteiger partial charge >= 0.3 is 0 Å². The van der Waals surface area contributed by atoms with Gasteiger partial charge in [-0.2, -0.15) is 4.31 Å². The van der Waals surface area contributed by atoms with Crippen LogP contribution in [0.25, 0.3) is 0 Å². The largest absolute Gasteiger partial charge is 0.490 e. The number of benzene rings is 2. The Hall–Kier alpha value is -1.80. The summed E-state index contributed by atoms with van der Waals surface area (Å²) in [6, 6.07) is 9.17. The van der Waals surface area contributed by atoms with Crippen LogP contribution >= 0.6 is 23.2 Å². The van der Waals surface area contributed by atoms with Crippen LogP contribution < -0.4 is 10.1 Å². The quantitative estimate of drug-likeness (QED) is 0.430. The van der Waals surface area contributed by atoms with E-state index in [9.17, 15) is 13.2 Å². The van der Waals surface area contributed by atoms with E-state index in [-0.39, 0.29) is 20.5 Å². The van der Waals surface area contributed by atoms with E-state index in [1.807, 2.05) is 0 Å². The highest BCUT2D eigenvalue weighted by molar-refractivity contribution is 7.89. The molecule has 1 fully saturated rings. The Bertz CT molecular complexity index is 1010. The fraction of sp³-hybridized carbons (Fsp3) is 0.435. The van der Waals surface area contributed by atoms with E-state index in [1.54, 1.807) is 12.1 Å². The summed E-state index contributed by atoms with van der Waals surface area (Å²) in [5.41, 5.74) is 0.755. The molecule has 0 unspecified atom stereocenters. The zero-order valence-corrected chi connectivity index (χ0v) is 20.4. The average molecular weight is 499 g/mol. The first-order valence-corrected chi connectivity index (χ1v) is 13.1. The predicted molar refractivity (Wildman–Crippen MR) is 128 cm³/mol. The number of carbonyl (C=O) groups excluding carboxylic acids is 1. The fourth-order valence-electron chi connectivity index (χ4n) is 3.52. The Balaban J connectivity index is 1.66. The second-order valence-corrected chi connectivity index (χ2v) is 10.5. The first-order valence-electron chi connectivity index (χ1n) is 10.9. The van der Waals surface area contributed by atoms with E-state index >= 15 is 0 Å². The molecule has 1 N–H and O–H groups in total. The molecule has 0 aromatic heterocycles. The van der Waals surface area contributed by atoms with Crippen molar-refractivity contribution in [2.24, 2.45) is 0 Å². The Morgan fingerprint density at radius 3 is 2.25 bits per heavy atom. The van der Waals surface area contributed by atoms with Crippen LogP contribution in [0.5, 0.6) is 5.75 Å². The lowest BCUT2D eigenvalue weighted by Crippen LogP contribution is -2.35.